The molecule has 3 aromatic carbocycles. The van der Waals surface area contributed by atoms with Crippen LogP contribution in [0.5, 0.6) is 11.5 Å². The molecule has 6 aromatic rings. The number of nitrogens with zero attached hydrogens (tertiary/aromatic N) is 2. The molecule has 4 N–H and O–H groups in total. The number of carboxylic acid groups (broad SMARTS) is 1. The predicted molar refractivity (Wildman–Crippen MR) is 145 cm³/mol. The number of aromatic nitrogens is 5. The molecule has 0 aliphatic rings. The summed E-state index contributed by atoms with van der Waals surface area (Å²) in [7, 11) is 0. The Balaban J connectivity index is 1.25. The lowest BCUT2D eigenvalue weighted by molar-refractivity contribution is -0.136. The van der Waals surface area contributed by atoms with E-state index in [4.69, 9.17) is 14.8 Å². The largest absolute Gasteiger partial charge is 0.481 e. The molecule has 0 bridgehead atoms. The molecular formula is C30H24FN5O3. The summed E-state index contributed by atoms with van der Waals surface area (Å²) >= 11 is 0. The number of carbonyl (C=O) groups is 1. The van der Waals surface area contributed by atoms with Crippen LogP contribution >= 0.6 is 0 Å². The molecule has 9 heteroatoms. The van der Waals surface area contributed by atoms with Crippen molar-refractivity contribution in [2.75, 3.05) is 0 Å². The molecule has 0 aliphatic carbocycles. The van der Waals surface area contributed by atoms with Gasteiger partial charge in [-0.15, -0.1) is 0 Å². The highest BCUT2D eigenvalue weighted by Crippen LogP contribution is 2.40. The number of fused-ring (bicyclic) bond motifs is 1. The van der Waals surface area contributed by atoms with Crippen molar-refractivity contribution in [1.29, 1.82) is 0 Å². The summed E-state index contributed by atoms with van der Waals surface area (Å²) < 4.78 is 21.4. The molecule has 3 aromatic heterocycles. The van der Waals surface area contributed by atoms with Gasteiger partial charge in [0.1, 0.15) is 11.6 Å². The van der Waals surface area contributed by atoms with Gasteiger partial charge in [0.15, 0.2) is 11.6 Å². The predicted octanol–water partition coefficient (Wildman–Crippen LogP) is 6.49. The summed E-state index contributed by atoms with van der Waals surface area (Å²) in [6, 6.07) is 20.3. The molecule has 8 nitrogen and oxygen atoms in total. The molecule has 6 rings (SSSR count). The lowest BCUT2D eigenvalue weighted by atomic mass is 10.0. The van der Waals surface area contributed by atoms with Crippen molar-refractivity contribution in [2.24, 2.45) is 0 Å². The van der Waals surface area contributed by atoms with Gasteiger partial charge < -0.3 is 19.8 Å². The van der Waals surface area contributed by atoms with Crippen molar-refractivity contribution in [2.45, 2.75) is 19.3 Å². The van der Waals surface area contributed by atoms with E-state index in [1.54, 1.807) is 24.5 Å². The second-order valence-corrected chi connectivity index (χ2v) is 9.23. The number of hydrogen-bond acceptors (Lipinski definition) is 4. The maximum Gasteiger partial charge on any atom is 0.303 e. The number of aliphatic carboxylic acids is 1. The van der Waals surface area contributed by atoms with Crippen LogP contribution in [0.1, 0.15) is 23.2 Å². The first-order valence-electron chi connectivity index (χ1n) is 12.4. The average Bonchev–Trinajstić information content (AvgIpc) is 3.71. The molecule has 0 saturated heterocycles. The first-order chi connectivity index (χ1) is 19.0. The number of benzene rings is 3. The van der Waals surface area contributed by atoms with E-state index >= 15 is 4.39 Å². The van der Waals surface area contributed by atoms with Gasteiger partial charge in [0, 0.05) is 54.0 Å². The number of halogens is 1. The Kier molecular flexibility index (Phi) is 6.38. The van der Waals surface area contributed by atoms with Crippen LogP contribution in [0.25, 0.3) is 33.5 Å². The zero-order chi connectivity index (χ0) is 26.8. The first kappa shape index (κ1) is 24.2. The lowest BCUT2D eigenvalue weighted by Crippen LogP contribution is -1.98. The van der Waals surface area contributed by atoms with Crippen molar-refractivity contribution in [3.8, 4) is 34.1 Å². The van der Waals surface area contributed by atoms with E-state index in [0.29, 0.717) is 41.2 Å². The van der Waals surface area contributed by atoms with Gasteiger partial charge in [0.25, 0.3) is 0 Å². The van der Waals surface area contributed by atoms with E-state index in [9.17, 15) is 4.79 Å². The zero-order valence-electron chi connectivity index (χ0n) is 20.7. The summed E-state index contributed by atoms with van der Waals surface area (Å²) in [6.45, 7) is 0. The Morgan fingerprint density at radius 2 is 1.87 bits per heavy atom. The number of H-pyrrole nitrogens is 3. The number of nitrogens with one attached hydrogen (secondary N) is 3. The van der Waals surface area contributed by atoms with Gasteiger partial charge >= 0.3 is 5.97 Å². The quantitative estimate of drug-likeness (QED) is 0.173. The second-order valence-electron chi connectivity index (χ2n) is 9.23. The molecular weight excluding hydrogens is 497 g/mol. The summed E-state index contributed by atoms with van der Waals surface area (Å²) in [5.74, 6) is -0.0787. The minimum absolute atomic E-state index is 0.0980. The molecule has 0 unspecified atom stereocenters. The lowest BCUT2D eigenvalue weighted by Gasteiger charge is -2.13. The second kappa shape index (κ2) is 10.3. The number of aromatic amines is 3. The molecule has 3 heterocycles. The smallest absolute Gasteiger partial charge is 0.303 e. The number of hydrogen-bond donors (Lipinski definition) is 4. The van der Waals surface area contributed by atoms with Gasteiger partial charge in [0.2, 0.25) is 0 Å². The van der Waals surface area contributed by atoms with Crippen molar-refractivity contribution in [3.05, 3.63) is 108 Å². The van der Waals surface area contributed by atoms with Crippen LogP contribution in [0.15, 0.2) is 85.3 Å². The fourth-order valence-corrected chi connectivity index (χ4v) is 4.69. The number of rotatable bonds is 9. The van der Waals surface area contributed by atoms with E-state index in [0.717, 1.165) is 27.8 Å². The highest BCUT2D eigenvalue weighted by Gasteiger charge is 2.20. The van der Waals surface area contributed by atoms with Crippen LogP contribution in [0.4, 0.5) is 4.39 Å². The third-order valence-electron chi connectivity index (χ3n) is 6.50. The summed E-state index contributed by atoms with van der Waals surface area (Å²) in [6.07, 6.45) is 6.41. The minimum atomic E-state index is -0.811. The average molecular weight is 522 g/mol. The molecule has 194 valence electrons. The number of imidazole rings is 1. The molecule has 0 spiro atoms. The highest BCUT2D eigenvalue weighted by atomic mass is 19.1. The van der Waals surface area contributed by atoms with E-state index in [1.807, 2.05) is 54.7 Å². The Morgan fingerprint density at radius 3 is 2.72 bits per heavy atom. The Hall–Kier alpha value is -5.18. The van der Waals surface area contributed by atoms with Crippen LogP contribution < -0.4 is 4.74 Å². The number of aryl methyl sites for hydroxylation is 1. The van der Waals surface area contributed by atoms with Crippen LogP contribution in [-0.2, 0) is 17.6 Å². The topological polar surface area (TPSA) is 120 Å². The minimum Gasteiger partial charge on any atom is -0.481 e. The number of carboxylic acids is 1. The summed E-state index contributed by atoms with van der Waals surface area (Å²) in [5.41, 5.74) is 5.56. The van der Waals surface area contributed by atoms with Gasteiger partial charge in [-0.1, -0.05) is 36.4 Å². The van der Waals surface area contributed by atoms with Crippen molar-refractivity contribution in [1.82, 2.24) is 25.1 Å². The van der Waals surface area contributed by atoms with E-state index in [2.05, 4.69) is 20.2 Å². The molecule has 0 atom stereocenters. The van der Waals surface area contributed by atoms with Crippen LogP contribution in [0.3, 0.4) is 0 Å². The van der Waals surface area contributed by atoms with Crippen LogP contribution in [0.2, 0.25) is 0 Å². The molecule has 0 fully saturated rings. The monoisotopic (exact) mass is 521 g/mol. The standard InChI is InChI=1S/C30H24FN5O3/c31-24-16-26-23(9-11-32-26)28(25-10-12-34-36-25)29(24)39-22-6-2-5-20(15-22)30-33-17-21(35-30)14-19-4-1-3-18(13-19)7-8-27(37)38/h1-6,9-13,15-17,32H,7-8,14H2,(H,33,35)(H,34,36)(H,37,38). The van der Waals surface area contributed by atoms with Gasteiger partial charge in [0.05, 0.1) is 17.0 Å². The number of ether oxygens (including phenoxy) is 1. The molecule has 0 amide bonds. The van der Waals surface area contributed by atoms with Crippen molar-refractivity contribution >= 4 is 16.9 Å². The Labute approximate surface area is 222 Å². The van der Waals surface area contributed by atoms with Gasteiger partial charge in [-0.2, -0.15) is 5.10 Å². The highest BCUT2D eigenvalue weighted by molar-refractivity contribution is 5.97. The maximum absolute atomic E-state index is 15.3. The molecule has 0 saturated carbocycles. The van der Waals surface area contributed by atoms with E-state index in [1.165, 1.54) is 6.07 Å². The molecule has 39 heavy (non-hydrogen) atoms. The first-order valence-corrected chi connectivity index (χ1v) is 12.4. The third-order valence-corrected chi connectivity index (χ3v) is 6.50. The van der Waals surface area contributed by atoms with Crippen molar-refractivity contribution in [3.63, 3.8) is 0 Å². The normalized spacial score (nSPS) is 11.2. The maximum atomic E-state index is 15.3. The fraction of sp³-hybridized carbons (Fsp3) is 0.100. The van der Waals surface area contributed by atoms with Gasteiger partial charge in [-0.05, 0) is 41.8 Å². The van der Waals surface area contributed by atoms with Gasteiger partial charge in [-0.3, -0.25) is 9.89 Å². The third kappa shape index (κ3) is 5.15. The fourth-order valence-electron chi connectivity index (χ4n) is 4.69. The van der Waals surface area contributed by atoms with Crippen LogP contribution in [-0.4, -0.2) is 36.2 Å². The summed E-state index contributed by atoms with van der Waals surface area (Å²) in [5, 5.41) is 16.7. The molecule has 0 aliphatic heterocycles. The van der Waals surface area contributed by atoms with Crippen LogP contribution in [0, 0.1) is 5.82 Å². The van der Waals surface area contributed by atoms with Crippen molar-refractivity contribution < 1.29 is 19.0 Å². The Morgan fingerprint density at radius 1 is 1.00 bits per heavy atom. The SMILES string of the molecule is O=C(O)CCc1cccc(Cc2c[nH]c(-c3cccc(Oc4c(F)cc5[nH]ccc5c4-c4ccn[nH]4)c3)n2)c1. The zero-order valence-corrected chi connectivity index (χ0v) is 20.7. The summed E-state index contributed by atoms with van der Waals surface area (Å²) in [4.78, 5) is 21.9. The molecule has 0 radical (unpaired) electrons. The van der Waals surface area contributed by atoms with E-state index in [-0.39, 0.29) is 12.2 Å². The Bertz CT molecular complexity index is 1770. The van der Waals surface area contributed by atoms with E-state index < -0.39 is 11.8 Å². The van der Waals surface area contributed by atoms with Gasteiger partial charge in [-0.25, -0.2) is 9.37 Å².